The monoisotopic (exact) mass is 463 g/mol. The van der Waals surface area contributed by atoms with Crippen LogP contribution in [0.3, 0.4) is 0 Å². The van der Waals surface area contributed by atoms with Crippen LogP contribution in [0.1, 0.15) is 71.6 Å². The fourth-order valence-corrected chi connectivity index (χ4v) is 7.50. The predicted molar refractivity (Wildman–Crippen MR) is 129 cm³/mol. The van der Waals surface area contributed by atoms with Crippen LogP contribution >= 0.6 is 0 Å². The van der Waals surface area contributed by atoms with Crippen LogP contribution in [0.5, 0.6) is 0 Å². The van der Waals surface area contributed by atoms with Gasteiger partial charge in [-0.25, -0.2) is 8.78 Å². The summed E-state index contributed by atoms with van der Waals surface area (Å²) in [5.74, 6) is 1.48. The third kappa shape index (κ3) is 5.31. The number of aliphatic hydroxyl groups is 2. The van der Waals surface area contributed by atoms with E-state index in [1.54, 1.807) is 5.57 Å². The van der Waals surface area contributed by atoms with Crippen LogP contribution in [-0.4, -0.2) is 53.4 Å². The standard InChI is InChI=1S/C28H43F2NO2/c1-18(10-13-31-14-11-22(17-31)27(29)30)23-8-9-24-21(5-4-12-28(23,24)3)7-6-20-15-25(32)19(2)26(33)16-20/h6-7,18,22-27,32-33H,2,4-5,8-17H2,1,3H3/b21-7+/t18-,22-,23-,24+,25-,26-,28-/m1/s1. The predicted octanol–water partition coefficient (Wildman–Crippen LogP) is 5.74. The average molecular weight is 464 g/mol. The Kier molecular flexibility index (Phi) is 7.82. The fourth-order valence-electron chi connectivity index (χ4n) is 7.50. The van der Waals surface area contributed by atoms with Gasteiger partial charge in [-0.1, -0.05) is 43.7 Å². The molecule has 4 fully saturated rings. The normalized spacial score (nSPS) is 40.0. The van der Waals surface area contributed by atoms with Crippen molar-refractivity contribution in [3.63, 3.8) is 0 Å². The van der Waals surface area contributed by atoms with Gasteiger partial charge < -0.3 is 15.1 Å². The molecule has 4 aliphatic rings. The molecule has 0 bridgehead atoms. The summed E-state index contributed by atoms with van der Waals surface area (Å²) in [4.78, 5) is 2.25. The molecule has 2 N–H and O–H groups in total. The Balaban J connectivity index is 1.37. The van der Waals surface area contributed by atoms with Crippen molar-refractivity contribution < 1.29 is 19.0 Å². The number of halogens is 2. The topological polar surface area (TPSA) is 43.7 Å². The first-order valence-electron chi connectivity index (χ1n) is 13.1. The van der Waals surface area contributed by atoms with Crippen molar-refractivity contribution in [1.82, 2.24) is 4.90 Å². The van der Waals surface area contributed by atoms with Gasteiger partial charge >= 0.3 is 0 Å². The molecular weight excluding hydrogens is 420 g/mol. The molecule has 5 heteroatoms. The molecule has 0 radical (unpaired) electrons. The van der Waals surface area contributed by atoms with Crippen molar-refractivity contribution in [2.75, 3.05) is 19.6 Å². The van der Waals surface area contributed by atoms with Gasteiger partial charge in [-0.3, -0.25) is 0 Å². The molecule has 1 heterocycles. The van der Waals surface area contributed by atoms with Crippen LogP contribution in [0.4, 0.5) is 8.78 Å². The highest BCUT2D eigenvalue weighted by molar-refractivity contribution is 5.29. The minimum Gasteiger partial charge on any atom is -0.388 e. The van der Waals surface area contributed by atoms with Gasteiger partial charge in [-0.05, 0) is 99.6 Å². The molecule has 0 aromatic heterocycles. The molecule has 0 aromatic rings. The summed E-state index contributed by atoms with van der Waals surface area (Å²) in [7, 11) is 0. The van der Waals surface area contributed by atoms with Crippen molar-refractivity contribution in [3.8, 4) is 0 Å². The number of likely N-dealkylation sites (tertiary alicyclic amines) is 1. The van der Waals surface area contributed by atoms with Crippen molar-refractivity contribution in [1.29, 1.82) is 0 Å². The zero-order chi connectivity index (χ0) is 23.8. The first kappa shape index (κ1) is 25.1. The summed E-state index contributed by atoms with van der Waals surface area (Å²) in [6.45, 7) is 11.0. The van der Waals surface area contributed by atoms with Gasteiger partial charge in [0, 0.05) is 12.5 Å². The first-order chi connectivity index (χ1) is 15.7. The van der Waals surface area contributed by atoms with Crippen LogP contribution in [0.25, 0.3) is 0 Å². The highest BCUT2D eigenvalue weighted by Gasteiger charge is 2.50. The summed E-state index contributed by atoms with van der Waals surface area (Å²) in [5, 5.41) is 20.3. The molecule has 1 saturated heterocycles. The molecule has 3 saturated carbocycles. The summed E-state index contributed by atoms with van der Waals surface area (Å²) in [6.07, 6.45) is 10.0. The van der Waals surface area contributed by atoms with Crippen molar-refractivity contribution >= 4 is 0 Å². The molecule has 3 nitrogen and oxygen atoms in total. The van der Waals surface area contributed by atoms with Crippen molar-refractivity contribution in [3.05, 3.63) is 35.5 Å². The molecule has 0 spiro atoms. The molecule has 186 valence electrons. The quantitative estimate of drug-likeness (QED) is 0.494. The zero-order valence-electron chi connectivity index (χ0n) is 20.5. The number of nitrogens with zero attached hydrogens (tertiary/aromatic N) is 1. The number of hydrogen-bond donors (Lipinski definition) is 2. The van der Waals surface area contributed by atoms with Gasteiger partial charge in [-0.15, -0.1) is 0 Å². The average Bonchev–Trinajstić information content (AvgIpc) is 3.39. The maximum atomic E-state index is 13.0. The minimum absolute atomic E-state index is 0.318. The lowest BCUT2D eigenvalue weighted by atomic mass is 9.61. The summed E-state index contributed by atoms with van der Waals surface area (Å²) < 4.78 is 26.0. The maximum absolute atomic E-state index is 13.0. The first-order valence-corrected chi connectivity index (χ1v) is 13.1. The molecule has 0 unspecified atom stereocenters. The number of alkyl halides is 2. The van der Waals surface area contributed by atoms with E-state index in [9.17, 15) is 19.0 Å². The Labute approximate surface area is 198 Å². The van der Waals surface area contributed by atoms with Crippen molar-refractivity contribution in [2.45, 2.75) is 90.3 Å². The van der Waals surface area contributed by atoms with Gasteiger partial charge in [0.25, 0.3) is 0 Å². The number of allylic oxidation sites excluding steroid dienone is 3. The van der Waals surface area contributed by atoms with Gasteiger partial charge in [0.15, 0.2) is 0 Å². The van der Waals surface area contributed by atoms with Crippen molar-refractivity contribution in [2.24, 2.45) is 29.1 Å². The van der Waals surface area contributed by atoms with Crippen LogP contribution in [-0.2, 0) is 0 Å². The van der Waals surface area contributed by atoms with E-state index < -0.39 is 24.6 Å². The summed E-state index contributed by atoms with van der Waals surface area (Å²) in [5.41, 5.74) is 3.51. The van der Waals surface area contributed by atoms with E-state index in [-0.39, 0.29) is 0 Å². The Morgan fingerprint density at radius 2 is 1.88 bits per heavy atom. The van der Waals surface area contributed by atoms with Gasteiger partial charge in [0.2, 0.25) is 6.43 Å². The van der Waals surface area contributed by atoms with E-state index in [2.05, 4.69) is 37.5 Å². The number of hydrogen-bond acceptors (Lipinski definition) is 3. The summed E-state index contributed by atoms with van der Waals surface area (Å²) >= 11 is 0. The fraction of sp³-hybridized carbons (Fsp3) is 0.786. The number of fused-ring (bicyclic) bond motifs is 1. The molecule has 7 atom stereocenters. The lowest BCUT2D eigenvalue weighted by molar-refractivity contribution is 0.0763. The molecule has 1 aliphatic heterocycles. The molecular formula is C28H43F2NO2. The number of aliphatic hydroxyl groups excluding tert-OH is 2. The van der Waals surface area contributed by atoms with Crippen LogP contribution in [0.15, 0.2) is 35.5 Å². The van der Waals surface area contributed by atoms with E-state index in [1.807, 2.05) is 0 Å². The lowest BCUT2D eigenvalue weighted by Gasteiger charge is -2.44. The van der Waals surface area contributed by atoms with E-state index in [1.165, 1.54) is 25.7 Å². The van der Waals surface area contributed by atoms with Crippen LogP contribution in [0, 0.1) is 29.1 Å². The second-order valence-electron chi connectivity index (χ2n) is 11.6. The molecule has 3 aliphatic carbocycles. The molecule has 33 heavy (non-hydrogen) atoms. The lowest BCUT2D eigenvalue weighted by Crippen LogP contribution is -2.37. The largest absolute Gasteiger partial charge is 0.388 e. The van der Waals surface area contributed by atoms with E-state index >= 15 is 0 Å². The van der Waals surface area contributed by atoms with E-state index in [4.69, 9.17) is 0 Å². The second-order valence-corrected chi connectivity index (χ2v) is 11.6. The molecule has 4 rings (SSSR count). The Bertz CT molecular complexity index is 762. The smallest absolute Gasteiger partial charge is 0.242 e. The summed E-state index contributed by atoms with van der Waals surface area (Å²) in [6, 6.07) is 0. The zero-order valence-corrected chi connectivity index (χ0v) is 20.5. The SMILES string of the molecule is C=C1[C@H](O)CC(=C/C=C2\CCC[C@]3(C)[C@@H]([C@H](C)CCN4CC[C@@H](C(F)F)C4)CC[C@@H]23)C[C@H]1O. The van der Waals surface area contributed by atoms with E-state index in [0.717, 1.165) is 31.5 Å². The Morgan fingerprint density at radius 1 is 1.15 bits per heavy atom. The van der Waals surface area contributed by atoms with Gasteiger partial charge in [0.1, 0.15) is 0 Å². The minimum atomic E-state index is -2.18. The third-order valence-electron chi connectivity index (χ3n) is 9.59. The van der Waals surface area contributed by atoms with Crippen LogP contribution in [0.2, 0.25) is 0 Å². The Morgan fingerprint density at radius 3 is 2.55 bits per heavy atom. The van der Waals surface area contributed by atoms with Crippen LogP contribution < -0.4 is 0 Å². The van der Waals surface area contributed by atoms with Gasteiger partial charge in [0.05, 0.1) is 12.2 Å². The van der Waals surface area contributed by atoms with Gasteiger partial charge in [-0.2, -0.15) is 0 Å². The second kappa shape index (κ2) is 10.3. The highest BCUT2D eigenvalue weighted by Crippen LogP contribution is 2.59. The molecule has 0 amide bonds. The maximum Gasteiger partial charge on any atom is 0.242 e. The highest BCUT2D eigenvalue weighted by atomic mass is 19.3. The molecule has 0 aromatic carbocycles. The third-order valence-corrected chi connectivity index (χ3v) is 9.59. The van der Waals surface area contributed by atoms with E-state index in [0.29, 0.717) is 54.5 Å². The Hall–Kier alpha value is -1.04. The number of rotatable bonds is 6.